The molecule has 0 fully saturated rings. The molecule has 0 rings (SSSR count). The fraction of sp³-hybridized carbons (Fsp3) is 0.810. The largest absolute Gasteiger partial charge is 0.480 e. The van der Waals surface area contributed by atoms with Gasteiger partial charge in [0.25, 0.3) is 0 Å². The number of aliphatic hydroxyl groups is 1. The van der Waals surface area contributed by atoms with Gasteiger partial charge in [-0.15, -0.1) is 0 Å². The fourth-order valence-electron chi connectivity index (χ4n) is 3.00. The fourth-order valence-corrected chi connectivity index (χ4v) is 3.48. The average molecular weight is 492 g/mol. The van der Waals surface area contributed by atoms with E-state index in [4.69, 9.17) is 11.5 Å². The first-order chi connectivity index (χ1) is 15.5. The maximum Gasteiger partial charge on any atom is 0.326 e. The van der Waals surface area contributed by atoms with Crippen molar-refractivity contribution in [3.63, 3.8) is 0 Å². The van der Waals surface area contributed by atoms with Crippen molar-refractivity contribution >= 4 is 35.5 Å². The third kappa shape index (κ3) is 11.7. The van der Waals surface area contributed by atoms with Gasteiger partial charge in [-0.05, 0) is 50.7 Å². The summed E-state index contributed by atoms with van der Waals surface area (Å²) in [6.45, 7) is 5.39. The molecule has 0 spiro atoms. The normalized spacial score (nSPS) is 16.6. The Morgan fingerprint density at radius 3 is 2.00 bits per heavy atom. The summed E-state index contributed by atoms with van der Waals surface area (Å²) in [6.07, 6.45) is 3.07. The minimum Gasteiger partial charge on any atom is -0.480 e. The predicted octanol–water partition coefficient (Wildman–Crippen LogP) is -0.838. The van der Waals surface area contributed by atoms with Crippen LogP contribution in [0, 0.1) is 5.92 Å². The molecule has 0 aliphatic heterocycles. The van der Waals surface area contributed by atoms with Crippen LogP contribution in [0.4, 0.5) is 0 Å². The van der Waals surface area contributed by atoms with Crippen molar-refractivity contribution in [2.75, 3.05) is 18.6 Å². The molecule has 6 unspecified atom stereocenters. The van der Waals surface area contributed by atoms with E-state index in [0.717, 1.165) is 0 Å². The monoisotopic (exact) mass is 491 g/mol. The number of hydrogen-bond acceptors (Lipinski definition) is 8. The molecule has 0 aromatic heterocycles. The van der Waals surface area contributed by atoms with Gasteiger partial charge in [-0.2, -0.15) is 11.8 Å². The number of aliphatic carboxylic acids is 1. The molecule has 0 aromatic rings. The Hall–Kier alpha value is -1.89. The molecular weight excluding hydrogens is 450 g/mol. The molecule has 192 valence electrons. The molecule has 11 nitrogen and oxygen atoms in total. The van der Waals surface area contributed by atoms with Gasteiger partial charge >= 0.3 is 5.97 Å². The van der Waals surface area contributed by atoms with E-state index in [1.54, 1.807) is 6.92 Å². The number of carboxylic acid groups (broad SMARTS) is 1. The van der Waals surface area contributed by atoms with E-state index in [0.29, 0.717) is 38.0 Å². The van der Waals surface area contributed by atoms with E-state index in [2.05, 4.69) is 16.0 Å². The second kappa shape index (κ2) is 16.7. The zero-order valence-electron chi connectivity index (χ0n) is 20.0. The first-order valence-corrected chi connectivity index (χ1v) is 12.7. The highest BCUT2D eigenvalue weighted by Crippen LogP contribution is 2.11. The SMILES string of the molecule is CCC(C)C(NC(=O)C(NC(=O)C(N)CCCCN)C(C)O)C(=O)NC(CCSC)C(=O)O. The molecule has 0 heterocycles. The molecule has 9 N–H and O–H groups in total. The van der Waals surface area contributed by atoms with Crippen LogP contribution in [0.2, 0.25) is 0 Å². The Kier molecular flexibility index (Phi) is 15.7. The summed E-state index contributed by atoms with van der Waals surface area (Å²) in [5.74, 6) is -2.94. The van der Waals surface area contributed by atoms with Gasteiger partial charge in [0.2, 0.25) is 17.7 Å². The Balaban J connectivity index is 5.35. The van der Waals surface area contributed by atoms with E-state index in [9.17, 15) is 29.4 Å². The summed E-state index contributed by atoms with van der Waals surface area (Å²) in [4.78, 5) is 49.6. The number of amides is 3. The predicted molar refractivity (Wildman–Crippen MR) is 128 cm³/mol. The highest BCUT2D eigenvalue weighted by atomic mass is 32.2. The number of carbonyl (C=O) groups excluding carboxylic acids is 3. The molecule has 0 aliphatic rings. The zero-order valence-corrected chi connectivity index (χ0v) is 20.8. The molecular formula is C21H41N5O6S. The van der Waals surface area contributed by atoms with Gasteiger partial charge in [0.15, 0.2) is 0 Å². The van der Waals surface area contributed by atoms with Crippen LogP contribution in [0.15, 0.2) is 0 Å². The summed E-state index contributed by atoms with van der Waals surface area (Å²) in [7, 11) is 0. The lowest BCUT2D eigenvalue weighted by molar-refractivity contribution is -0.142. The molecule has 0 bridgehead atoms. The number of aliphatic hydroxyl groups excluding tert-OH is 1. The molecule has 0 aromatic carbocycles. The number of thioether (sulfide) groups is 1. The van der Waals surface area contributed by atoms with Crippen molar-refractivity contribution in [1.29, 1.82) is 0 Å². The molecule has 12 heteroatoms. The van der Waals surface area contributed by atoms with Crippen molar-refractivity contribution in [3.05, 3.63) is 0 Å². The average Bonchev–Trinajstić information content (AvgIpc) is 2.76. The molecule has 0 saturated heterocycles. The van der Waals surface area contributed by atoms with Crippen LogP contribution in [0.3, 0.4) is 0 Å². The van der Waals surface area contributed by atoms with Crippen LogP contribution >= 0.6 is 11.8 Å². The van der Waals surface area contributed by atoms with Crippen LogP contribution < -0.4 is 27.4 Å². The van der Waals surface area contributed by atoms with Crippen molar-refractivity contribution in [2.45, 2.75) is 83.1 Å². The third-order valence-electron chi connectivity index (χ3n) is 5.39. The first-order valence-electron chi connectivity index (χ1n) is 11.3. The quantitative estimate of drug-likeness (QED) is 0.127. The van der Waals surface area contributed by atoms with E-state index in [1.807, 2.05) is 13.2 Å². The molecule has 0 saturated carbocycles. The number of nitrogens with two attached hydrogens (primary N) is 2. The van der Waals surface area contributed by atoms with Crippen molar-refractivity contribution < 1.29 is 29.4 Å². The number of rotatable bonds is 17. The summed E-state index contributed by atoms with van der Waals surface area (Å²) in [6, 6.07) is -4.33. The van der Waals surface area contributed by atoms with Crippen LogP contribution in [-0.4, -0.2) is 82.7 Å². The van der Waals surface area contributed by atoms with Gasteiger partial charge in [-0.25, -0.2) is 4.79 Å². The van der Waals surface area contributed by atoms with Gasteiger partial charge < -0.3 is 37.6 Å². The lowest BCUT2D eigenvalue weighted by Crippen LogP contribution is -2.61. The second-order valence-corrected chi connectivity index (χ2v) is 9.16. The Labute approximate surface area is 200 Å². The van der Waals surface area contributed by atoms with Gasteiger partial charge in [-0.1, -0.05) is 26.7 Å². The maximum absolute atomic E-state index is 12.9. The minimum atomic E-state index is -1.33. The van der Waals surface area contributed by atoms with Crippen LogP contribution in [0.5, 0.6) is 0 Å². The Bertz CT molecular complexity index is 636. The standard InChI is InChI=1S/C21H41N5O6S/c1-5-12(2)16(19(29)24-15(21(31)32)9-11-33-4)25-20(30)17(13(3)27)26-18(28)14(23)8-6-7-10-22/h12-17,27H,5-11,22-23H2,1-4H3,(H,24,29)(H,25,30)(H,26,28)(H,31,32). The van der Waals surface area contributed by atoms with Crippen molar-refractivity contribution in [1.82, 2.24) is 16.0 Å². The smallest absolute Gasteiger partial charge is 0.326 e. The zero-order chi connectivity index (χ0) is 25.6. The Morgan fingerprint density at radius 2 is 1.52 bits per heavy atom. The molecule has 33 heavy (non-hydrogen) atoms. The molecule has 6 atom stereocenters. The van der Waals surface area contributed by atoms with E-state index in [1.165, 1.54) is 18.7 Å². The van der Waals surface area contributed by atoms with Crippen molar-refractivity contribution in [2.24, 2.45) is 17.4 Å². The molecule has 0 aliphatic carbocycles. The number of nitrogens with one attached hydrogen (secondary N) is 3. The third-order valence-corrected chi connectivity index (χ3v) is 6.03. The Morgan fingerprint density at radius 1 is 0.939 bits per heavy atom. The second-order valence-electron chi connectivity index (χ2n) is 8.17. The molecule has 0 radical (unpaired) electrons. The topological polar surface area (TPSA) is 197 Å². The number of carboxylic acids is 1. The van der Waals surface area contributed by atoms with Gasteiger partial charge in [0.1, 0.15) is 18.1 Å². The lowest BCUT2D eigenvalue weighted by Gasteiger charge is -2.29. The first kappa shape index (κ1) is 31.1. The number of hydrogen-bond donors (Lipinski definition) is 7. The van der Waals surface area contributed by atoms with Crippen LogP contribution in [0.25, 0.3) is 0 Å². The van der Waals surface area contributed by atoms with Crippen molar-refractivity contribution in [3.8, 4) is 0 Å². The van der Waals surface area contributed by atoms with E-state index >= 15 is 0 Å². The number of unbranched alkanes of at least 4 members (excludes halogenated alkanes) is 1. The van der Waals surface area contributed by atoms with E-state index in [-0.39, 0.29) is 12.3 Å². The number of carbonyl (C=O) groups is 4. The van der Waals surface area contributed by atoms with Crippen LogP contribution in [-0.2, 0) is 19.2 Å². The molecule has 3 amide bonds. The summed E-state index contributed by atoms with van der Waals surface area (Å²) in [5.41, 5.74) is 11.3. The van der Waals surface area contributed by atoms with E-state index < -0.39 is 54.0 Å². The lowest BCUT2D eigenvalue weighted by atomic mass is 9.97. The highest BCUT2D eigenvalue weighted by Gasteiger charge is 2.34. The summed E-state index contributed by atoms with van der Waals surface area (Å²) < 4.78 is 0. The summed E-state index contributed by atoms with van der Waals surface area (Å²) in [5, 5.41) is 27.0. The summed E-state index contributed by atoms with van der Waals surface area (Å²) >= 11 is 1.46. The van der Waals surface area contributed by atoms with Crippen LogP contribution in [0.1, 0.15) is 52.9 Å². The highest BCUT2D eigenvalue weighted by molar-refractivity contribution is 7.98. The van der Waals surface area contributed by atoms with Gasteiger partial charge in [0, 0.05) is 0 Å². The minimum absolute atomic E-state index is 0.234. The maximum atomic E-state index is 12.9. The van der Waals surface area contributed by atoms with Gasteiger partial charge in [-0.3, -0.25) is 14.4 Å². The van der Waals surface area contributed by atoms with Gasteiger partial charge in [0.05, 0.1) is 12.1 Å².